The number of hydrogen-bond acceptors (Lipinski definition) is 6. The van der Waals surface area contributed by atoms with E-state index in [0.29, 0.717) is 13.1 Å². The number of anilines is 2. The van der Waals surface area contributed by atoms with Gasteiger partial charge < -0.3 is 20.4 Å². The maximum absolute atomic E-state index is 9.45. The van der Waals surface area contributed by atoms with Crippen molar-refractivity contribution in [1.82, 2.24) is 9.97 Å². The smallest absolute Gasteiger partial charge is 0.134 e. The average Bonchev–Trinajstić information content (AvgIpc) is 2.60. The summed E-state index contributed by atoms with van der Waals surface area (Å²) in [4.78, 5) is 10.0. The molecule has 0 aromatic carbocycles. The monoisotopic (exact) mass is 224 g/mol. The minimum absolute atomic E-state index is 0.406. The summed E-state index contributed by atoms with van der Waals surface area (Å²) >= 11 is 0. The Morgan fingerprint density at radius 2 is 2.06 bits per heavy atom. The number of nitrogens with zero attached hydrogens (tertiary/aromatic N) is 3. The second-order valence-electron chi connectivity index (χ2n) is 3.83. The van der Waals surface area contributed by atoms with Crippen molar-refractivity contribution in [3.63, 3.8) is 0 Å². The summed E-state index contributed by atoms with van der Waals surface area (Å²) in [5.74, 6) is 1.48. The Bertz CT molecular complexity index is 350. The standard InChI is InChI=1S/C10H16N4O2/c1-2-11-9-3-10(13-6-12-9)14-4-7(15)8(16)5-14/h3,6-8,15-16H,2,4-5H2,1H3,(H,11,12,13). The summed E-state index contributed by atoms with van der Waals surface area (Å²) in [6.07, 6.45) is 0.0832. The Labute approximate surface area is 94.0 Å². The van der Waals surface area contributed by atoms with Crippen molar-refractivity contribution in [2.24, 2.45) is 0 Å². The number of β-amino-alcohol motifs (C(OH)–C–C–N with tert-alkyl or cyclic N) is 2. The Kier molecular flexibility index (Phi) is 3.21. The molecule has 1 saturated heterocycles. The van der Waals surface area contributed by atoms with Crippen molar-refractivity contribution in [3.05, 3.63) is 12.4 Å². The van der Waals surface area contributed by atoms with E-state index in [1.54, 1.807) is 0 Å². The molecule has 88 valence electrons. The Morgan fingerprint density at radius 1 is 1.38 bits per heavy atom. The van der Waals surface area contributed by atoms with E-state index in [9.17, 15) is 10.2 Å². The van der Waals surface area contributed by atoms with Gasteiger partial charge in [0.1, 0.15) is 18.0 Å². The van der Waals surface area contributed by atoms with Gasteiger partial charge in [-0.25, -0.2) is 9.97 Å². The van der Waals surface area contributed by atoms with Crippen molar-refractivity contribution < 1.29 is 10.2 Å². The van der Waals surface area contributed by atoms with Crippen LogP contribution >= 0.6 is 0 Å². The third kappa shape index (κ3) is 2.23. The van der Waals surface area contributed by atoms with E-state index in [-0.39, 0.29) is 0 Å². The minimum Gasteiger partial charge on any atom is -0.389 e. The fraction of sp³-hybridized carbons (Fsp3) is 0.600. The van der Waals surface area contributed by atoms with E-state index in [2.05, 4.69) is 15.3 Å². The van der Waals surface area contributed by atoms with Gasteiger partial charge in [-0.15, -0.1) is 0 Å². The van der Waals surface area contributed by atoms with Crippen molar-refractivity contribution >= 4 is 11.6 Å². The van der Waals surface area contributed by atoms with Gasteiger partial charge in [-0.1, -0.05) is 0 Å². The van der Waals surface area contributed by atoms with E-state index in [4.69, 9.17) is 0 Å². The maximum Gasteiger partial charge on any atom is 0.134 e. The Hall–Kier alpha value is -1.40. The highest BCUT2D eigenvalue weighted by molar-refractivity contribution is 5.49. The normalized spacial score (nSPS) is 24.8. The molecule has 6 nitrogen and oxygen atoms in total. The van der Waals surface area contributed by atoms with Crippen LogP contribution in [0.4, 0.5) is 11.6 Å². The van der Waals surface area contributed by atoms with Crippen LogP contribution in [-0.4, -0.2) is 52.0 Å². The molecule has 1 aromatic heterocycles. The van der Waals surface area contributed by atoms with Gasteiger partial charge in [0.05, 0.1) is 12.2 Å². The van der Waals surface area contributed by atoms with Crippen LogP contribution in [-0.2, 0) is 0 Å². The Morgan fingerprint density at radius 3 is 2.69 bits per heavy atom. The molecule has 2 unspecified atom stereocenters. The average molecular weight is 224 g/mol. The maximum atomic E-state index is 9.45. The molecule has 0 amide bonds. The number of aliphatic hydroxyl groups excluding tert-OH is 2. The molecular formula is C10H16N4O2. The van der Waals surface area contributed by atoms with Gasteiger partial charge >= 0.3 is 0 Å². The third-order valence-electron chi connectivity index (χ3n) is 2.59. The molecule has 2 atom stereocenters. The molecule has 3 N–H and O–H groups in total. The molecule has 1 aliphatic rings. The second-order valence-corrected chi connectivity index (χ2v) is 3.83. The lowest BCUT2D eigenvalue weighted by Gasteiger charge is -2.16. The van der Waals surface area contributed by atoms with Crippen molar-refractivity contribution in [3.8, 4) is 0 Å². The highest BCUT2D eigenvalue weighted by Crippen LogP contribution is 2.19. The van der Waals surface area contributed by atoms with E-state index in [0.717, 1.165) is 18.2 Å². The van der Waals surface area contributed by atoms with Gasteiger partial charge in [0, 0.05) is 25.7 Å². The van der Waals surface area contributed by atoms with Crippen LogP contribution in [0.25, 0.3) is 0 Å². The topological polar surface area (TPSA) is 81.5 Å². The van der Waals surface area contributed by atoms with E-state index in [1.165, 1.54) is 6.33 Å². The quantitative estimate of drug-likeness (QED) is 0.639. The molecule has 6 heteroatoms. The van der Waals surface area contributed by atoms with Crippen molar-refractivity contribution in [2.75, 3.05) is 29.9 Å². The highest BCUT2D eigenvalue weighted by atomic mass is 16.3. The first-order chi connectivity index (χ1) is 7.70. The number of aromatic nitrogens is 2. The molecule has 1 aromatic rings. The van der Waals surface area contributed by atoms with Crippen LogP contribution in [0.15, 0.2) is 12.4 Å². The van der Waals surface area contributed by atoms with Gasteiger partial charge in [-0.3, -0.25) is 0 Å². The first-order valence-corrected chi connectivity index (χ1v) is 5.37. The molecule has 16 heavy (non-hydrogen) atoms. The number of aliphatic hydroxyl groups is 2. The summed E-state index contributed by atoms with van der Waals surface area (Å²) in [5.41, 5.74) is 0. The number of nitrogens with one attached hydrogen (secondary N) is 1. The highest BCUT2D eigenvalue weighted by Gasteiger charge is 2.30. The fourth-order valence-electron chi connectivity index (χ4n) is 1.75. The molecule has 0 bridgehead atoms. The molecule has 1 aliphatic heterocycles. The molecular weight excluding hydrogens is 208 g/mol. The zero-order valence-electron chi connectivity index (χ0n) is 9.17. The SMILES string of the molecule is CCNc1cc(N2CC(O)C(O)C2)ncn1. The van der Waals surface area contributed by atoms with Crippen molar-refractivity contribution in [1.29, 1.82) is 0 Å². The van der Waals surface area contributed by atoms with Crippen LogP contribution in [0.5, 0.6) is 0 Å². The van der Waals surface area contributed by atoms with E-state index >= 15 is 0 Å². The lowest BCUT2D eigenvalue weighted by Crippen LogP contribution is -2.22. The first kappa shape index (κ1) is 11.1. The zero-order chi connectivity index (χ0) is 11.5. The minimum atomic E-state index is -0.697. The van der Waals surface area contributed by atoms with Crippen LogP contribution in [0.3, 0.4) is 0 Å². The summed E-state index contributed by atoms with van der Waals surface area (Å²) < 4.78 is 0. The van der Waals surface area contributed by atoms with Crippen LogP contribution in [0, 0.1) is 0 Å². The molecule has 0 radical (unpaired) electrons. The predicted molar refractivity (Wildman–Crippen MR) is 60.4 cm³/mol. The Balaban J connectivity index is 2.12. The lowest BCUT2D eigenvalue weighted by molar-refractivity contribution is 0.0572. The summed E-state index contributed by atoms with van der Waals surface area (Å²) in [5, 5.41) is 22.0. The van der Waals surface area contributed by atoms with E-state index in [1.807, 2.05) is 17.9 Å². The molecule has 0 aliphatic carbocycles. The molecule has 0 saturated carbocycles. The predicted octanol–water partition coefficient (Wildman–Crippen LogP) is -0.550. The third-order valence-corrected chi connectivity index (χ3v) is 2.59. The molecule has 2 heterocycles. The molecule has 0 spiro atoms. The zero-order valence-corrected chi connectivity index (χ0v) is 9.17. The van der Waals surface area contributed by atoms with Gasteiger partial charge in [0.25, 0.3) is 0 Å². The van der Waals surface area contributed by atoms with E-state index < -0.39 is 12.2 Å². The van der Waals surface area contributed by atoms with Crippen LogP contribution in [0.1, 0.15) is 6.92 Å². The van der Waals surface area contributed by atoms with Crippen LogP contribution in [0.2, 0.25) is 0 Å². The van der Waals surface area contributed by atoms with Gasteiger partial charge in [-0.05, 0) is 6.92 Å². The summed E-state index contributed by atoms with van der Waals surface area (Å²) in [7, 11) is 0. The van der Waals surface area contributed by atoms with Gasteiger partial charge in [0.15, 0.2) is 0 Å². The van der Waals surface area contributed by atoms with Crippen LogP contribution < -0.4 is 10.2 Å². The van der Waals surface area contributed by atoms with Gasteiger partial charge in [0.2, 0.25) is 0 Å². The van der Waals surface area contributed by atoms with Gasteiger partial charge in [-0.2, -0.15) is 0 Å². The lowest BCUT2D eigenvalue weighted by atomic mass is 10.3. The summed E-state index contributed by atoms with van der Waals surface area (Å²) in [6, 6.07) is 1.81. The fourth-order valence-corrected chi connectivity index (χ4v) is 1.75. The largest absolute Gasteiger partial charge is 0.389 e. The molecule has 2 rings (SSSR count). The first-order valence-electron chi connectivity index (χ1n) is 5.37. The number of rotatable bonds is 3. The van der Waals surface area contributed by atoms with Crippen molar-refractivity contribution in [2.45, 2.75) is 19.1 Å². The summed E-state index contributed by atoms with van der Waals surface area (Å²) in [6.45, 7) is 3.60. The number of hydrogen-bond donors (Lipinski definition) is 3. The second kappa shape index (κ2) is 4.63. The molecule has 1 fully saturated rings.